The van der Waals surface area contributed by atoms with Crippen LogP contribution in [-0.2, 0) is 7.05 Å². The lowest BCUT2D eigenvalue weighted by Crippen LogP contribution is -1.84. The number of benzene rings is 2. The number of rotatable bonds is 2. The average molecular weight is 253 g/mol. The van der Waals surface area contributed by atoms with Crippen molar-refractivity contribution in [2.24, 2.45) is 7.05 Å². The molecule has 0 N–H and O–H groups in total. The molecule has 0 unspecified atom stereocenters. The summed E-state index contributed by atoms with van der Waals surface area (Å²) < 4.78 is 15.2. The van der Waals surface area contributed by atoms with Gasteiger partial charge in [0.15, 0.2) is 6.29 Å². The van der Waals surface area contributed by atoms with Gasteiger partial charge in [-0.15, -0.1) is 0 Å². The minimum atomic E-state index is -0.263. The number of carbonyl (C=O) groups is 1. The number of fused-ring (bicyclic) bond motifs is 1. The topological polar surface area (TPSA) is 22.0 Å². The van der Waals surface area contributed by atoms with Gasteiger partial charge >= 0.3 is 0 Å². The van der Waals surface area contributed by atoms with E-state index < -0.39 is 0 Å². The second kappa shape index (κ2) is 4.35. The van der Waals surface area contributed by atoms with Crippen LogP contribution in [0.25, 0.3) is 22.0 Å². The van der Waals surface area contributed by atoms with Gasteiger partial charge in [0, 0.05) is 29.7 Å². The third-order valence-corrected chi connectivity index (χ3v) is 3.31. The van der Waals surface area contributed by atoms with Crippen molar-refractivity contribution in [1.29, 1.82) is 0 Å². The quantitative estimate of drug-likeness (QED) is 0.637. The van der Waals surface area contributed by atoms with Crippen LogP contribution in [0.15, 0.2) is 48.7 Å². The molecule has 0 fully saturated rings. The largest absolute Gasteiger partial charge is 0.350 e. The maximum absolute atomic E-state index is 13.3. The van der Waals surface area contributed by atoms with Crippen LogP contribution in [0, 0.1) is 5.82 Å². The van der Waals surface area contributed by atoms with Crippen LogP contribution in [0.1, 0.15) is 10.4 Å². The molecule has 0 aliphatic rings. The number of aromatic nitrogens is 1. The molecule has 0 bridgehead atoms. The summed E-state index contributed by atoms with van der Waals surface area (Å²) >= 11 is 0. The molecule has 0 aliphatic heterocycles. The maximum Gasteiger partial charge on any atom is 0.152 e. The molecule has 0 saturated heterocycles. The van der Waals surface area contributed by atoms with Crippen LogP contribution < -0.4 is 0 Å². The van der Waals surface area contributed by atoms with Gasteiger partial charge in [0.2, 0.25) is 0 Å². The zero-order valence-electron chi connectivity index (χ0n) is 10.4. The Bertz CT molecular complexity index is 774. The highest BCUT2D eigenvalue weighted by atomic mass is 19.1. The first-order valence-electron chi connectivity index (χ1n) is 5.99. The number of hydrogen-bond donors (Lipinski definition) is 0. The number of halogens is 1. The fourth-order valence-electron chi connectivity index (χ4n) is 2.36. The lowest BCUT2D eigenvalue weighted by atomic mass is 10.0. The minimum absolute atomic E-state index is 0.263. The SMILES string of the molecule is Cn1cc(C=O)c2cc(-c3cccc(F)c3)ccc21. The summed E-state index contributed by atoms with van der Waals surface area (Å²) in [4.78, 5) is 11.1. The zero-order valence-corrected chi connectivity index (χ0v) is 10.4. The van der Waals surface area contributed by atoms with Gasteiger partial charge in [0.25, 0.3) is 0 Å². The molecule has 0 radical (unpaired) electrons. The highest BCUT2D eigenvalue weighted by Gasteiger charge is 2.07. The third kappa shape index (κ3) is 1.93. The summed E-state index contributed by atoms with van der Waals surface area (Å²) in [6, 6.07) is 12.3. The average Bonchev–Trinajstić information content (AvgIpc) is 2.75. The van der Waals surface area contributed by atoms with Gasteiger partial charge in [-0.25, -0.2) is 4.39 Å². The Morgan fingerprint density at radius 3 is 2.63 bits per heavy atom. The summed E-state index contributed by atoms with van der Waals surface area (Å²) in [6.07, 6.45) is 2.64. The fraction of sp³-hybridized carbons (Fsp3) is 0.0625. The van der Waals surface area contributed by atoms with Crippen LogP contribution in [0.5, 0.6) is 0 Å². The molecular formula is C16H12FNO. The summed E-state index contributed by atoms with van der Waals surface area (Å²) in [7, 11) is 1.90. The molecule has 2 nitrogen and oxygen atoms in total. The van der Waals surface area contributed by atoms with E-state index in [4.69, 9.17) is 0 Å². The fourth-order valence-corrected chi connectivity index (χ4v) is 2.36. The van der Waals surface area contributed by atoms with E-state index in [1.165, 1.54) is 12.1 Å². The second-order valence-electron chi connectivity index (χ2n) is 4.56. The molecule has 94 valence electrons. The highest BCUT2D eigenvalue weighted by molar-refractivity contribution is 5.99. The molecule has 1 heterocycles. The molecule has 3 heteroatoms. The monoisotopic (exact) mass is 253 g/mol. The number of carbonyl (C=O) groups excluding carboxylic acids is 1. The highest BCUT2D eigenvalue weighted by Crippen LogP contribution is 2.27. The van der Waals surface area contributed by atoms with Crippen molar-refractivity contribution < 1.29 is 9.18 Å². The summed E-state index contributed by atoms with van der Waals surface area (Å²) in [5, 5.41) is 0.888. The Morgan fingerprint density at radius 2 is 1.89 bits per heavy atom. The molecule has 3 aromatic rings. The lowest BCUT2D eigenvalue weighted by molar-refractivity contribution is 0.112. The number of aryl methyl sites for hydroxylation is 1. The molecule has 0 spiro atoms. The summed E-state index contributed by atoms with van der Waals surface area (Å²) in [5.74, 6) is -0.263. The zero-order chi connectivity index (χ0) is 13.4. The first-order chi connectivity index (χ1) is 9.19. The molecule has 1 aromatic heterocycles. The number of nitrogens with zero attached hydrogens (tertiary/aromatic N) is 1. The van der Waals surface area contributed by atoms with E-state index in [1.54, 1.807) is 12.3 Å². The van der Waals surface area contributed by atoms with Gasteiger partial charge in [-0.05, 0) is 35.4 Å². The number of aldehydes is 1. The van der Waals surface area contributed by atoms with E-state index in [0.29, 0.717) is 5.56 Å². The standard InChI is InChI=1S/C16H12FNO/c1-18-9-13(10-19)15-8-12(5-6-16(15)18)11-3-2-4-14(17)7-11/h2-10H,1H3. The molecule has 0 amide bonds. The molecule has 19 heavy (non-hydrogen) atoms. The van der Waals surface area contributed by atoms with Crippen molar-refractivity contribution in [1.82, 2.24) is 4.57 Å². The van der Waals surface area contributed by atoms with Crippen LogP contribution >= 0.6 is 0 Å². The van der Waals surface area contributed by atoms with E-state index in [1.807, 2.05) is 35.9 Å². The summed E-state index contributed by atoms with van der Waals surface area (Å²) in [5.41, 5.74) is 3.35. The minimum Gasteiger partial charge on any atom is -0.350 e. The van der Waals surface area contributed by atoms with Crippen molar-refractivity contribution in [3.05, 3.63) is 60.0 Å². The predicted molar refractivity (Wildman–Crippen MR) is 73.7 cm³/mol. The lowest BCUT2D eigenvalue weighted by Gasteiger charge is -2.03. The van der Waals surface area contributed by atoms with Crippen LogP contribution in [0.2, 0.25) is 0 Å². The van der Waals surface area contributed by atoms with E-state index in [2.05, 4.69) is 0 Å². The Kier molecular flexibility index (Phi) is 2.67. The second-order valence-corrected chi connectivity index (χ2v) is 4.56. The summed E-state index contributed by atoms with van der Waals surface area (Å²) in [6.45, 7) is 0. The van der Waals surface area contributed by atoms with E-state index in [-0.39, 0.29) is 5.82 Å². The Labute approximate surface area is 110 Å². The molecule has 0 aliphatic carbocycles. The maximum atomic E-state index is 13.3. The molecular weight excluding hydrogens is 241 g/mol. The van der Waals surface area contributed by atoms with Crippen LogP contribution in [-0.4, -0.2) is 10.9 Å². The first kappa shape index (κ1) is 11.7. The van der Waals surface area contributed by atoms with Gasteiger partial charge in [-0.1, -0.05) is 18.2 Å². The van der Waals surface area contributed by atoms with Gasteiger partial charge in [-0.3, -0.25) is 4.79 Å². The van der Waals surface area contributed by atoms with Crippen LogP contribution in [0.3, 0.4) is 0 Å². The number of hydrogen-bond acceptors (Lipinski definition) is 1. The van der Waals surface area contributed by atoms with Gasteiger partial charge < -0.3 is 4.57 Å². The smallest absolute Gasteiger partial charge is 0.152 e. The van der Waals surface area contributed by atoms with Crippen molar-refractivity contribution in [2.45, 2.75) is 0 Å². The van der Waals surface area contributed by atoms with Crippen LogP contribution in [0.4, 0.5) is 4.39 Å². The van der Waals surface area contributed by atoms with Crippen molar-refractivity contribution in [2.75, 3.05) is 0 Å². The van der Waals surface area contributed by atoms with Gasteiger partial charge in [0.05, 0.1) is 0 Å². The van der Waals surface area contributed by atoms with E-state index in [0.717, 1.165) is 28.3 Å². The van der Waals surface area contributed by atoms with Crippen molar-refractivity contribution >= 4 is 17.2 Å². The predicted octanol–water partition coefficient (Wildman–Crippen LogP) is 3.80. The normalized spacial score (nSPS) is 10.8. The van der Waals surface area contributed by atoms with Crippen molar-refractivity contribution in [3.63, 3.8) is 0 Å². The van der Waals surface area contributed by atoms with E-state index >= 15 is 0 Å². The Hall–Kier alpha value is -2.42. The Balaban J connectivity index is 2.23. The molecule has 3 rings (SSSR count). The van der Waals surface area contributed by atoms with Crippen molar-refractivity contribution in [3.8, 4) is 11.1 Å². The van der Waals surface area contributed by atoms with E-state index in [9.17, 15) is 9.18 Å². The molecule has 0 atom stereocenters. The van der Waals surface area contributed by atoms with Gasteiger partial charge in [0.1, 0.15) is 5.82 Å². The molecule has 2 aromatic carbocycles. The third-order valence-electron chi connectivity index (χ3n) is 3.31. The van der Waals surface area contributed by atoms with Gasteiger partial charge in [-0.2, -0.15) is 0 Å². The first-order valence-corrected chi connectivity index (χ1v) is 5.99. The molecule has 0 saturated carbocycles. The Morgan fingerprint density at radius 1 is 1.11 bits per heavy atom.